The number of rotatable bonds is 3. The fraction of sp³-hybridized carbons (Fsp3) is 0.625. The van der Waals surface area contributed by atoms with E-state index in [1.54, 1.807) is 12.1 Å². The maximum atomic E-state index is 10.2. The number of ether oxygens (including phenoxy) is 2. The molecule has 0 spiro atoms. The highest BCUT2D eigenvalue weighted by atomic mass is 16.7. The van der Waals surface area contributed by atoms with Crippen LogP contribution in [-0.4, -0.2) is 53.7 Å². The van der Waals surface area contributed by atoms with E-state index in [0.29, 0.717) is 12.2 Å². The van der Waals surface area contributed by atoms with Gasteiger partial charge in [0.05, 0.1) is 12.2 Å². The lowest BCUT2D eigenvalue weighted by Gasteiger charge is -2.40. The van der Waals surface area contributed by atoms with Crippen molar-refractivity contribution >= 4 is 0 Å². The van der Waals surface area contributed by atoms with Gasteiger partial charge >= 0.3 is 0 Å². The molecule has 4 unspecified atom stereocenters. The number of hydrogen-bond acceptors (Lipinski definition) is 5. The van der Waals surface area contributed by atoms with E-state index in [9.17, 15) is 10.2 Å². The van der Waals surface area contributed by atoms with Gasteiger partial charge in [-0.1, -0.05) is 0 Å². The van der Waals surface area contributed by atoms with E-state index in [1.807, 2.05) is 39.8 Å². The van der Waals surface area contributed by atoms with Gasteiger partial charge in [0, 0.05) is 12.5 Å². The number of aliphatic hydroxyl groups excluding tert-OH is 1. The molecule has 1 aromatic carbocycles. The minimum atomic E-state index is -0.525. The summed E-state index contributed by atoms with van der Waals surface area (Å²) in [4.78, 5) is 2.00. The number of benzene rings is 1. The summed E-state index contributed by atoms with van der Waals surface area (Å²) < 4.78 is 11.7. The molecule has 1 heterocycles. The second-order valence-electron chi connectivity index (χ2n) is 5.98. The highest BCUT2D eigenvalue weighted by Crippen LogP contribution is 2.31. The number of aromatic hydroxyl groups is 1. The van der Waals surface area contributed by atoms with Gasteiger partial charge in [-0.15, -0.1) is 0 Å². The zero-order valence-electron chi connectivity index (χ0n) is 13.3. The molecule has 21 heavy (non-hydrogen) atoms. The van der Waals surface area contributed by atoms with E-state index in [1.165, 1.54) is 0 Å². The zero-order chi connectivity index (χ0) is 15.7. The molecule has 2 rings (SSSR count). The van der Waals surface area contributed by atoms with E-state index in [4.69, 9.17) is 9.47 Å². The van der Waals surface area contributed by atoms with Gasteiger partial charge in [0.1, 0.15) is 11.5 Å². The second-order valence-corrected chi connectivity index (χ2v) is 5.98. The predicted octanol–water partition coefficient (Wildman–Crippen LogP) is 1.81. The molecule has 5 heteroatoms. The Kier molecular flexibility index (Phi) is 4.76. The van der Waals surface area contributed by atoms with Crippen LogP contribution in [0.4, 0.5) is 0 Å². The Balaban J connectivity index is 2.15. The molecule has 1 saturated heterocycles. The number of phenols is 1. The van der Waals surface area contributed by atoms with Crippen LogP contribution in [0.3, 0.4) is 0 Å². The van der Waals surface area contributed by atoms with Gasteiger partial charge in [-0.05, 0) is 58.1 Å². The van der Waals surface area contributed by atoms with Crippen LogP contribution in [-0.2, 0) is 4.74 Å². The van der Waals surface area contributed by atoms with Crippen LogP contribution in [0.1, 0.15) is 24.5 Å². The average molecular weight is 295 g/mol. The van der Waals surface area contributed by atoms with Crippen LogP contribution in [0.25, 0.3) is 0 Å². The lowest BCUT2D eigenvalue weighted by Crippen LogP contribution is -2.54. The Labute approximate surface area is 126 Å². The van der Waals surface area contributed by atoms with Crippen molar-refractivity contribution in [2.45, 2.75) is 51.7 Å². The van der Waals surface area contributed by atoms with Gasteiger partial charge in [0.25, 0.3) is 0 Å². The molecule has 0 radical (unpaired) electrons. The first-order valence-corrected chi connectivity index (χ1v) is 7.27. The Bertz CT molecular complexity index is 503. The van der Waals surface area contributed by atoms with Crippen molar-refractivity contribution in [2.24, 2.45) is 0 Å². The van der Waals surface area contributed by atoms with Crippen molar-refractivity contribution in [2.75, 3.05) is 14.1 Å². The van der Waals surface area contributed by atoms with Crippen molar-refractivity contribution in [3.8, 4) is 11.5 Å². The smallest absolute Gasteiger partial charge is 0.201 e. The largest absolute Gasteiger partial charge is 0.508 e. The van der Waals surface area contributed by atoms with Crippen LogP contribution in [0, 0.1) is 13.8 Å². The van der Waals surface area contributed by atoms with E-state index < -0.39 is 12.4 Å². The molecule has 118 valence electrons. The summed E-state index contributed by atoms with van der Waals surface area (Å²) in [7, 11) is 3.89. The maximum Gasteiger partial charge on any atom is 0.201 e. The third kappa shape index (κ3) is 3.31. The first kappa shape index (κ1) is 16.1. The summed E-state index contributed by atoms with van der Waals surface area (Å²) >= 11 is 0. The van der Waals surface area contributed by atoms with E-state index >= 15 is 0 Å². The van der Waals surface area contributed by atoms with Gasteiger partial charge in [-0.25, -0.2) is 0 Å². The first-order valence-electron chi connectivity index (χ1n) is 7.27. The topological polar surface area (TPSA) is 62.2 Å². The number of nitrogens with zero attached hydrogens (tertiary/aromatic N) is 1. The molecule has 5 nitrogen and oxygen atoms in total. The molecule has 0 saturated carbocycles. The standard InChI is InChI=1S/C16H25NO4/c1-9-10(2)14(7-6-13(9)18)21-15-8-12(17(4)5)16(19)11(3)20-15/h6-7,11-12,15-16,18-19H,8H2,1-5H3. The monoisotopic (exact) mass is 295 g/mol. The Morgan fingerprint density at radius 3 is 2.52 bits per heavy atom. The summed E-state index contributed by atoms with van der Waals surface area (Å²) in [5, 5.41) is 19.9. The molecule has 1 aliphatic heterocycles. The molecule has 0 bridgehead atoms. The van der Waals surface area contributed by atoms with Crippen LogP contribution in [0.15, 0.2) is 12.1 Å². The lowest BCUT2D eigenvalue weighted by molar-refractivity contribution is -0.201. The van der Waals surface area contributed by atoms with Gasteiger partial charge in [-0.3, -0.25) is 0 Å². The molecule has 2 N–H and O–H groups in total. The number of likely N-dealkylation sites (N-methyl/N-ethyl adjacent to an activating group) is 1. The minimum absolute atomic E-state index is 0.00253. The average Bonchev–Trinajstić information content (AvgIpc) is 2.43. The lowest BCUT2D eigenvalue weighted by atomic mass is 9.98. The van der Waals surface area contributed by atoms with Gasteiger partial charge < -0.3 is 24.6 Å². The van der Waals surface area contributed by atoms with E-state index in [2.05, 4.69) is 0 Å². The molecular weight excluding hydrogens is 270 g/mol. The summed E-state index contributed by atoms with van der Waals surface area (Å²) in [6.45, 7) is 5.62. The molecule has 0 aromatic heterocycles. The molecule has 1 aliphatic rings. The zero-order valence-corrected chi connectivity index (χ0v) is 13.3. The quantitative estimate of drug-likeness (QED) is 0.890. The van der Waals surface area contributed by atoms with Gasteiger partial charge in [0.2, 0.25) is 6.29 Å². The fourth-order valence-electron chi connectivity index (χ4n) is 2.67. The van der Waals surface area contributed by atoms with Gasteiger partial charge in [0.15, 0.2) is 0 Å². The van der Waals surface area contributed by atoms with Crippen molar-refractivity contribution < 1.29 is 19.7 Å². The molecule has 0 aliphatic carbocycles. The third-order valence-electron chi connectivity index (χ3n) is 4.31. The fourth-order valence-corrected chi connectivity index (χ4v) is 2.67. The predicted molar refractivity (Wildman–Crippen MR) is 80.6 cm³/mol. The van der Waals surface area contributed by atoms with Crippen molar-refractivity contribution in [3.05, 3.63) is 23.3 Å². The Hall–Kier alpha value is -1.30. The first-order chi connectivity index (χ1) is 9.81. The van der Waals surface area contributed by atoms with Gasteiger partial charge in [-0.2, -0.15) is 0 Å². The summed E-state index contributed by atoms with van der Waals surface area (Å²) in [5.74, 6) is 0.968. The van der Waals surface area contributed by atoms with Crippen molar-refractivity contribution in [1.82, 2.24) is 4.90 Å². The number of hydrogen-bond donors (Lipinski definition) is 2. The van der Waals surface area contributed by atoms with Crippen LogP contribution >= 0.6 is 0 Å². The number of aliphatic hydroxyl groups is 1. The van der Waals surface area contributed by atoms with Crippen molar-refractivity contribution in [1.29, 1.82) is 0 Å². The van der Waals surface area contributed by atoms with Crippen LogP contribution in [0.5, 0.6) is 11.5 Å². The number of phenolic OH excluding ortho intramolecular Hbond substituents is 1. The molecule has 4 atom stereocenters. The molecule has 1 fully saturated rings. The van der Waals surface area contributed by atoms with Crippen LogP contribution < -0.4 is 4.74 Å². The van der Waals surface area contributed by atoms with E-state index in [-0.39, 0.29) is 17.9 Å². The summed E-state index contributed by atoms with van der Waals surface area (Å²) in [6.07, 6.45) is -0.617. The van der Waals surface area contributed by atoms with E-state index in [0.717, 1.165) is 11.1 Å². The minimum Gasteiger partial charge on any atom is -0.508 e. The summed E-state index contributed by atoms with van der Waals surface area (Å²) in [5.41, 5.74) is 1.71. The highest BCUT2D eigenvalue weighted by molar-refractivity contribution is 5.46. The Morgan fingerprint density at radius 1 is 1.24 bits per heavy atom. The highest BCUT2D eigenvalue weighted by Gasteiger charge is 2.37. The normalized spacial score (nSPS) is 29.7. The van der Waals surface area contributed by atoms with Crippen LogP contribution in [0.2, 0.25) is 0 Å². The molecule has 1 aromatic rings. The summed E-state index contributed by atoms with van der Waals surface area (Å²) in [6, 6.07) is 3.38. The van der Waals surface area contributed by atoms with Crippen molar-refractivity contribution in [3.63, 3.8) is 0 Å². The second kappa shape index (κ2) is 6.22. The SMILES string of the molecule is Cc1c(O)ccc(OC2CC(N(C)C)C(O)C(C)O2)c1C. The third-order valence-corrected chi connectivity index (χ3v) is 4.31. The molecular formula is C16H25NO4. The molecule has 0 amide bonds. The maximum absolute atomic E-state index is 10.2. The Morgan fingerprint density at radius 2 is 1.90 bits per heavy atom.